The van der Waals surface area contributed by atoms with Crippen molar-refractivity contribution in [3.63, 3.8) is 0 Å². The lowest BCUT2D eigenvalue weighted by atomic mass is 10.0. The molecule has 1 amide bonds. The minimum atomic E-state index is -3.78. The van der Waals surface area contributed by atoms with Gasteiger partial charge in [0.15, 0.2) is 0 Å². The highest BCUT2D eigenvalue weighted by atomic mass is 32.2. The molecule has 174 valence electrons. The van der Waals surface area contributed by atoms with Crippen LogP contribution in [0.4, 0.5) is 0 Å². The second-order valence-electron chi connectivity index (χ2n) is 8.21. The van der Waals surface area contributed by atoms with Gasteiger partial charge in [-0.15, -0.1) is 11.3 Å². The Hall–Kier alpha value is -3.27. The molecule has 1 aliphatic rings. The van der Waals surface area contributed by atoms with E-state index in [2.05, 4.69) is 10.3 Å². The van der Waals surface area contributed by atoms with Gasteiger partial charge in [-0.1, -0.05) is 48.5 Å². The van der Waals surface area contributed by atoms with E-state index in [0.29, 0.717) is 26.1 Å². The topological polar surface area (TPSA) is 84.3 Å². The number of carbonyl (C=O) groups is 1. The van der Waals surface area contributed by atoms with Crippen molar-refractivity contribution in [2.24, 2.45) is 0 Å². The second-order valence-corrected chi connectivity index (χ2v) is 11.0. The normalized spacial score (nSPS) is 14.0. The fraction of sp³-hybridized carbons (Fsp3) is 0.200. The van der Waals surface area contributed by atoms with E-state index >= 15 is 0 Å². The number of imidazole rings is 1. The number of fused-ring (bicyclic) bond motifs is 1. The molecule has 0 aliphatic carbocycles. The number of benzene rings is 2. The predicted octanol–water partition coefficient (Wildman–Crippen LogP) is 3.67. The SMILES string of the molecule is O=C(NCc1ccc(Cn2ccnc2)cc1)c1sccc1S(=O)(=O)N1CCc2ccccc2C1. The Balaban J connectivity index is 1.25. The summed E-state index contributed by atoms with van der Waals surface area (Å²) in [4.78, 5) is 17.2. The zero-order chi connectivity index (χ0) is 23.5. The Morgan fingerprint density at radius 2 is 1.79 bits per heavy atom. The Morgan fingerprint density at radius 1 is 1.03 bits per heavy atom. The van der Waals surface area contributed by atoms with Gasteiger partial charge >= 0.3 is 0 Å². The number of thiophene rings is 1. The quantitative estimate of drug-likeness (QED) is 0.427. The van der Waals surface area contributed by atoms with Crippen LogP contribution in [0.15, 0.2) is 83.6 Å². The molecule has 0 saturated carbocycles. The van der Waals surface area contributed by atoms with Crippen LogP contribution >= 0.6 is 11.3 Å². The molecule has 0 spiro atoms. The summed E-state index contributed by atoms with van der Waals surface area (Å²) < 4.78 is 30.2. The van der Waals surface area contributed by atoms with Gasteiger partial charge < -0.3 is 9.88 Å². The van der Waals surface area contributed by atoms with Crippen LogP contribution in [-0.4, -0.2) is 34.7 Å². The van der Waals surface area contributed by atoms with Gasteiger partial charge in [0.2, 0.25) is 10.0 Å². The zero-order valence-corrected chi connectivity index (χ0v) is 20.1. The average Bonchev–Trinajstić information content (AvgIpc) is 3.56. The lowest BCUT2D eigenvalue weighted by molar-refractivity contribution is 0.0952. The van der Waals surface area contributed by atoms with Gasteiger partial charge in [0.1, 0.15) is 9.77 Å². The fourth-order valence-electron chi connectivity index (χ4n) is 4.10. The molecule has 0 unspecified atom stereocenters. The van der Waals surface area contributed by atoms with Crippen molar-refractivity contribution in [3.05, 3.63) is 106 Å². The van der Waals surface area contributed by atoms with Crippen LogP contribution < -0.4 is 5.32 Å². The highest BCUT2D eigenvalue weighted by molar-refractivity contribution is 7.89. The van der Waals surface area contributed by atoms with Gasteiger partial charge in [0.05, 0.1) is 6.33 Å². The van der Waals surface area contributed by atoms with Gasteiger partial charge in [0, 0.05) is 38.6 Å². The number of rotatable bonds is 7. The molecule has 7 nitrogen and oxygen atoms in total. The summed E-state index contributed by atoms with van der Waals surface area (Å²) in [5, 5.41) is 4.53. The summed E-state index contributed by atoms with van der Waals surface area (Å²) >= 11 is 1.15. The van der Waals surface area contributed by atoms with Crippen molar-refractivity contribution in [1.29, 1.82) is 0 Å². The monoisotopic (exact) mass is 492 g/mol. The molecule has 0 bridgehead atoms. The molecule has 1 aliphatic heterocycles. The highest BCUT2D eigenvalue weighted by Crippen LogP contribution is 2.29. The van der Waals surface area contributed by atoms with Gasteiger partial charge in [-0.25, -0.2) is 13.4 Å². The molecule has 0 fully saturated rings. The Kier molecular flexibility index (Phi) is 6.32. The highest BCUT2D eigenvalue weighted by Gasteiger charge is 2.32. The van der Waals surface area contributed by atoms with Crippen molar-refractivity contribution in [3.8, 4) is 0 Å². The van der Waals surface area contributed by atoms with Crippen LogP contribution in [0.5, 0.6) is 0 Å². The van der Waals surface area contributed by atoms with Crippen LogP contribution in [0.3, 0.4) is 0 Å². The molecule has 2 aromatic heterocycles. The van der Waals surface area contributed by atoms with Crippen LogP contribution in [-0.2, 0) is 36.1 Å². The molecular formula is C25H24N4O3S2. The molecule has 1 N–H and O–H groups in total. The predicted molar refractivity (Wildman–Crippen MR) is 131 cm³/mol. The van der Waals surface area contributed by atoms with Crippen LogP contribution in [0, 0.1) is 0 Å². The minimum Gasteiger partial charge on any atom is -0.347 e. The van der Waals surface area contributed by atoms with Crippen molar-refractivity contribution in [1.82, 2.24) is 19.2 Å². The first-order valence-electron chi connectivity index (χ1n) is 11.0. The van der Waals surface area contributed by atoms with Crippen LogP contribution in [0.1, 0.15) is 31.9 Å². The Bertz CT molecular complexity index is 1390. The molecular weight excluding hydrogens is 468 g/mol. The molecule has 0 radical (unpaired) electrons. The van der Waals surface area contributed by atoms with Crippen molar-refractivity contribution < 1.29 is 13.2 Å². The summed E-state index contributed by atoms with van der Waals surface area (Å²) in [5.41, 5.74) is 4.25. The summed E-state index contributed by atoms with van der Waals surface area (Å²) in [7, 11) is -3.78. The maximum Gasteiger partial charge on any atom is 0.263 e. The number of nitrogens with zero attached hydrogens (tertiary/aromatic N) is 3. The minimum absolute atomic E-state index is 0.0741. The molecule has 9 heteroatoms. The van der Waals surface area contributed by atoms with Crippen molar-refractivity contribution in [2.45, 2.75) is 31.0 Å². The molecule has 4 aromatic rings. The van der Waals surface area contributed by atoms with Crippen molar-refractivity contribution >= 4 is 27.3 Å². The number of amides is 1. The Labute approximate surface area is 202 Å². The smallest absolute Gasteiger partial charge is 0.263 e. The molecule has 0 atom stereocenters. The van der Waals surface area contributed by atoms with Gasteiger partial charge in [-0.05, 0) is 40.1 Å². The molecule has 2 aromatic carbocycles. The van der Waals surface area contributed by atoms with Crippen LogP contribution in [0.25, 0.3) is 0 Å². The number of nitrogens with one attached hydrogen (secondary N) is 1. The van der Waals surface area contributed by atoms with Gasteiger partial charge in [0.25, 0.3) is 5.91 Å². The Morgan fingerprint density at radius 3 is 2.56 bits per heavy atom. The third-order valence-electron chi connectivity index (χ3n) is 5.95. The standard InChI is InChI=1S/C25H24N4O3S2/c30-25(27-15-19-5-7-20(8-6-19)16-28-13-11-26-18-28)24-23(10-14-33-24)34(31,32)29-12-9-21-3-1-2-4-22(21)17-29/h1-8,10-11,13-14,18H,9,12,15-17H2,(H,27,30). The summed E-state index contributed by atoms with van der Waals surface area (Å²) in [6.07, 6.45) is 6.08. The first-order valence-corrected chi connectivity index (χ1v) is 13.3. The second kappa shape index (κ2) is 9.54. The third-order valence-corrected chi connectivity index (χ3v) is 8.88. The maximum atomic E-state index is 13.4. The van der Waals surface area contributed by atoms with E-state index in [4.69, 9.17) is 0 Å². The lowest BCUT2D eigenvalue weighted by Crippen LogP contribution is -2.36. The average molecular weight is 493 g/mol. The zero-order valence-electron chi connectivity index (χ0n) is 18.4. The number of hydrogen-bond acceptors (Lipinski definition) is 5. The van der Waals surface area contributed by atoms with E-state index in [9.17, 15) is 13.2 Å². The fourth-order valence-corrected chi connectivity index (χ4v) is 6.83. The first-order chi connectivity index (χ1) is 16.5. The van der Waals surface area contributed by atoms with E-state index < -0.39 is 10.0 Å². The summed E-state index contributed by atoms with van der Waals surface area (Å²) in [5.74, 6) is -0.381. The van der Waals surface area contributed by atoms with E-state index in [1.807, 2.05) is 59.3 Å². The van der Waals surface area contributed by atoms with Crippen LogP contribution in [0.2, 0.25) is 0 Å². The largest absolute Gasteiger partial charge is 0.347 e. The molecule has 0 saturated heterocycles. The van der Waals surface area contributed by atoms with Gasteiger partial charge in [-0.2, -0.15) is 4.31 Å². The lowest BCUT2D eigenvalue weighted by Gasteiger charge is -2.28. The number of carbonyl (C=O) groups excluding carboxylic acids is 1. The molecule has 34 heavy (non-hydrogen) atoms. The van der Waals surface area contributed by atoms with Crippen molar-refractivity contribution in [2.75, 3.05) is 6.54 Å². The van der Waals surface area contributed by atoms with E-state index in [0.717, 1.165) is 34.6 Å². The number of sulfonamides is 1. The third kappa shape index (κ3) is 4.68. The summed E-state index contributed by atoms with van der Waals surface area (Å²) in [6, 6.07) is 17.4. The van der Waals surface area contributed by atoms with E-state index in [-0.39, 0.29) is 15.7 Å². The molecule has 5 rings (SSSR count). The number of aromatic nitrogens is 2. The first kappa shape index (κ1) is 22.5. The van der Waals surface area contributed by atoms with E-state index in [1.54, 1.807) is 17.9 Å². The maximum absolute atomic E-state index is 13.4. The molecule has 3 heterocycles. The summed E-state index contributed by atoms with van der Waals surface area (Å²) in [6.45, 7) is 1.77. The number of hydrogen-bond donors (Lipinski definition) is 1. The van der Waals surface area contributed by atoms with E-state index in [1.165, 1.54) is 15.9 Å². The van der Waals surface area contributed by atoms with Gasteiger partial charge in [-0.3, -0.25) is 4.79 Å².